The fourth-order valence-electron chi connectivity index (χ4n) is 5.24. The normalized spacial score (nSPS) is 13.6. The molecule has 3 N–H and O–H groups in total. The number of benzene rings is 3. The van der Waals surface area contributed by atoms with Gasteiger partial charge in [0.15, 0.2) is 4.77 Å². The summed E-state index contributed by atoms with van der Waals surface area (Å²) in [6.07, 6.45) is 1.61. The van der Waals surface area contributed by atoms with E-state index in [2.05, 4.69) is 84.4 Å². The number of H-pyrrole nitrogens is 1. The van der Waals surface area contributed by atoms with Crippen LogP contribution in [0.5, 0.6) is 5.75 Å². The average Bonchev–Trinajstić information content (AvgIpc) is 3.32. The van der Waals surface area contributed by atoms with E-state index in [1.807, 2.05) is 12.1 Å². The van der Waals surface area contributed by atoms with Gasteiger partial charge in [-0.3, -0.25) is 0 Å². The maximum absolute atomic E-state index is 5.61. The van der Waals surface area contributed by atoms with Crippen molar-refractivity contribution in [1.29, 1.82) is 0 Å². The first-order valence-corrected chi connectivity index (χ1v) is 14.0. The van der Waals surface area contributed by atoms with Crippen molar-refractivity contribution in [3.05, 3.63) is 76.8 Å². The van der Waals surface area contributed by atoms with Crippen LogP contribution in [0.4, 0.5) is 17.2 Å². The van der Waals surface area contributed by atoms with Crippen molar-refractivity contribution in [2.75, 3.05) is 48.9 Å². The molecule has 3 heterocycles. The minimum absolute atomic E-state index is 0.612. The van der Waals surface area contributed by atoms with Gasteiger partial charge in [0.25, 0.3) is 0 Å². The number of rotatable bonds is 9. The lowest BCUT2D eigenvalue weighted by molar-refractivity contribution is 0.122. The monoisotopic (exact) mass is 555 g/mol. The molecule has 0 unspecified atom stereocenters. The Morgan fingerprint density at radius 1 is 1.00 bits per heavy atom. The number of hydrogen-bond donors (Lipinski definition) is 3. The molecule has 10 heteroatoms. The van der Waals surface area contributed by atoms with Crippen LogP contribution in [0.25, 0.3) is 21.9 Å². The standard InChI is InChI=1S/C30H33N7O2S/c1-3-37-28-16-25-24(15-26(28)35-30(37)40)29(34-19-33-25)32-18-21-14-22(6-9-27(21)36-10-12-39-13-11-36)31-17-20-4-7-23(38-2)8-5-20/h4-9,14-16,19,31H,3,10-13,17-18H2,1-2H3,(H,35,40)(H,32,33,34). The topological polar surface area (TPSA) is 92.3 Å². The molecular weight excluding hydrogens is 522 g/mol. The molecule has 0 saturated carbocycles. The molecule has 9 nitrogen and oxygen atoms in total. The van der Waals surface area contributed by atoms with Crippen LogP contribution in [0.3, 0.4) is 0 Å². The third-order valence-electron chi connectivity index (χ3n) is 7.38. The summed E-state index contributed by atoms with van der Waals surface area (Å²) < 4.78 is 13.7. The maximum Gasteiger partial charge on any atom is 0.178 e. The van der Waals surface area contributed by atoms with Gasteiger partial charge in [-0.2, -0.15) is 0 Å². The maximum atomic E-state index is 5.61. The Kier molecular flexibility index (Phi) is 7.52. The van der Waals surface area contributed by atoms with E-state index in [1.165, 1.54) is 16.8 Å². The van der Waals surface area contributed by atoms with Crippen LogP contribution < -0.4 is 20.3 Å². The number of fused-ring (bicyclic) bond motifs is 2. The number of ether oxygens (including phenoxy) is 2. The highest BCUT2D eigenvalue weighted by Crippen LogP contribution is 2.29. The van der Waals surface area contributed by atoms with Crippen molar-refractivity contribution in [1.82, 2.24) is 19.5 Å². The Labute approximate surface area is 238 Å². The minimum atomic E-state index is 0.612. The van der Waals surface area contributed by atoms with Crippen molar-refractivity contribution in [3.8, 4) is 5.75 Å². The zero-order chi connectivity index (χ0) is 27.5. The van der Waals surface area contributed by atoms with Gasteiger partial charge in [-0.1, -0.05) is 12.1 Å². The second kappa shape index (κ2) is 11.5. The summed E-state index contributed by atoms with van der Waals surface area (Å²) in [5.74, 6) is 1.65. The summed E-state index contributed by atoms with van der Waals surface area (Å²) in [6, 6.07) is 18.9. The van der Waals surface area contributed by atoms with Crippen molar-refractivity contribution in [2.45, 2.75) is 26.6 Å². The molecule has 0 aliphatic carbocycles. The van der Waals surface area contributed by atoms with Crippen LogP contribution in [0.2, 0.25) is 0 Å². The Morgan fingerprint density at radius 2 is 1.82 bits per heavy atom. The quantitative estimate of drug-likeness (QED) is 0.199. The molecule has 1 saturated heterocycles. The molecule has 1 fully saturated rings. The molecular formula is C30H33N7O2S. The van der Waals surface area contributed by atoms with Gasteiger partial charge in [0.1, 0.15) is 17.9 Å². The van der Waals surface area contributed by atoms with Gasteiger partial charge in [-0.25, -0.2) is 9.97 Å². The van der Waals surface area contributed by atoms with Gasteiger partial charge in [-0.15, -0.1) is 0 Å². The number of imidazole rings is 1. The van der Waals surface area contributed by atoms with Gasteiger partial charge in [0.2, 0.25) is 0 Å². The van der Waals surface area contributed by atoms with Gasteiger partial charge < -0.3 is 34.6 Å². The van der Waals surface area contributed by atoms with E-state index in [0.717, 1.165) is 78.6 Å². The fraction of sp³-hybridized carbons (Fsp3) is 0.300. The van der Waals surface area contributed by atoms with E-state index in [0.29, 0.717) is 11.3 Å². The van der Waals surface area contributed by atoms with Crippen molar-refractivity contribution >= 4 is 51.3 Å². The smallest absolute Gasteiger partial charge is 0.178 e. The lowest BCUT2D eigenvalue weighted by Gasteiger charge is -2.31. The highest BCUT2D eigenvalue weighted by molar-refractivity contribution is 7.71. The average molecular weight is 556 g/mol. The fourth-order valence-corrected chi connectivity index (χ4v) is 5.58. The number of nitrogens with one attached hydrogen (secondary N) is 3. The summed E-state index contributed by atoms with van der Waals surface area (Å²) >= 11 is 5.52. The van der Waals surface area contributed by atoms with Crippen LogP contribution in [0.1, 0.15) is 18.1 Å². The van der Waals surface area contributed by atoms with Crippen LogP contribution >= 0.6 is 12.2 Å². The van der Waals surface area contributed by atoms with Gasteiger partial charge in [0.05, 0.1) is 36.9 Å². The highest BCUT2D eigenvalue weighted by Gasteiger charge is 2.16. The molecule has 5 aromatic rings. The second-order valence-electron chi connectivity index (χ2n) is 9.78. The van der Waals surface area contributed by atoms with E-state index in [1.54, 1.807) is 13.4 Å². The van der Waals surface area contributed by atoms with Crippen LogP contribution in [0, 0.1) is 4.77 Å². The van der Waals surface area contributed by atoms with E-state index in [-0.39, 0.29) is 0 Å². The Morgan fingerprint density at radius 3 is 2.60 bits per heavy atom. The highest BCUT2D eigenvalue weighted by atomic mass is 32.1. The van der Waals surface area contributed by atoms with E-state index < -0.39 is 0 Å². The molecule has 0 spiro atoms. The number of morpholine rings is 1. The van der Waals surface area contributed by atoms with Crippen molar-refractivity contribution < 1.29 is 9.47 Å². The second-order valence-corrected chi connectivity index (χ2v) is 10.2. The first-order chi connectivity index (χ1) is 19.6. The molecule has 6 rings (SSSR count). The Bertz CT molecular complexity index is 1690. The lowest BCUT2D eigenvalue weighted by atomic mass is 10.1. The molecule has 0 amide bonds. The first kappa shape index (κ1) is 26.1. The number of aromatic amines is 1. The number of anilines is 3. The molecule has 3 aromatic carbocycles. The number of nitrogens with zero attached hydrogens (tertiary/aromatic N) is 4. The SMILES string of the molecule is CCn1c(=S)[nH]c2cc3c(NCc4cc(NCc5ccc(OC)cc5)ccc4N4CCOCC4)ncnc3cc21. The Hall–Kier alpha value is -4.15. The number of aromatic nitrogens is 4. The van der Waals surface area contributed by atoms with Gasteiger partial charge in [-0.05, 0) is 72.7 Å². The predicted octanol–water partition coefficient (Wildman–Crippen LogP) is 5.73. The lowest BCUT2D eigenvalue weighted by Crippen LogP contribution is -2.36. The minimum Gasteiger partial charge on any atom is -0.497 e. The molecule has 0 bridgehead atoms. The predicted molar refractivity (Wildman–Crippen MR) is 163 cm³/mol. The zero-order valence-corrected chi connectivity index (χ0v) is 23.6. The molecule has 40 heavy (non-hydrogen) atoms. The molecule has 206 valence electrons. The van der Waals surface area contributed by atoms with Crippen molar-refractivity contribution in [2.24, 2.45) is 0 Å². The molecule has 2 aromatic heterocycles. The van der Waals surface area contributed by atoms with E-state index >= 15 is 0 Å². The largest absolute Gasteiger partial charge is 0.497 e. The molecule has 0 atom stereocenters. The molecule has 1 aliphatic rings. The van der Waals surface area contributed by atoms with Crippen LogP contribution in [0.15, 0.2) is 60.9 Å². The summed E-state index contributed by atoms with van der Waals surface area (Å²) in [5, 5.41) is 8.13. The van der Waals surface area contributed by atoms with E-state index in [9.17, 15) is 0 Å². The first-order valence-electron chi connectivity index (χ1n) is 13.6. The third-order valence-corrected chi connectivity index (χ3v) is 7.70. The number of aryl methyl sites for hydroxylation is 1. The number of hydrogen-bond acceptors (Lipinski definition) is 8. The summed E-state index contributed by atoms with van der Waals surface area (Å²) in [6.45, 7) is 7.42. The summed E-state index contributed by atoms with van der Waals surface area (Å²) in [5.41, 5.74) is 7.55. The zero-order valence-electron chi connectivity index (χ0n) is 22.7. The van der Waals surface area contributed by atoms with Gasteiger partial charge >= 0.3 is 0 Å². The molecule has 1 aliphatic heterocycles. The number of methoxy groups -OCH3 is 1. The Balaban J connectivity index is 1.28. The van der Waals surface area contributed by atoms with Crippen LogP contribution in [-0.4, -0.2) is 52.9 Å². The summed E-state index contributed by atoms with van der Waals surface area (Å²) in [7, 11) is 1.68. The summed E-state index contributed by atoms with van der Waals surface area (Å²) in [4.78, 5) is 14.9. The van der Waals surface area contributed by atoms with Gasteiger partial charge in [0, 0.05) is 49.5 Å². The third kappa shape index (κ3) is 5.32. The van der Waals surface area contributed by atoms with E-state index in [4.69, 9.17) is 21.7 Å². The van der Waals surface area contributed by atoms with Crippen molar-refractivity contribution in [3.63, 3.8) is 0 Å². The van der Waals surface area contributed by atoms with Crippen LogP contribution in [-0.2, 0) is 24.4 Å². The molecule has 0 radical (unpaired) electrons.